The van der Waals surface area contributed by atoms with Crippen molar-refractivity contribution in [1.29, 1.82) is 0 Å². The number of carbonyl (C=O) groups is 1. The highest BCUT2D eigenvalue weighted by molar-refractivity contribution is 7.46. The summed E-state index contributed by atoms with van der Waals surface area (Å²) in [5.74, 6) is 0.158. The molecule has 1 atom stereocenters. The topological polar surface area (TPSA) is 95.9 Å². The van der Waals surface area contributed by atoms with Gasteiger partial charge in [0.05, 0.1) is 6.61 Å². The van der Waals surface area contributed by atoms with Gasteiger partial charge < -0.3 is 15.1 Å². The van der Waals surface area contributed by atoms with Crippen molar-refractivity contribution in [2.45, 2.75) is 25.7 Å². The number of hydrogen-bond acceptors (Lipinski definition) is 3. The first-order chi connectivity index (χ1) is 6.99. The number of phosphoric acid groups is 1. The quantitative estimate of drug-likeness (QED) is 0.459. The maximum absolute atomic E-state index is 11.1. The lowest BCUT2D eigenvalue weighted by Gasteiger charge is -2.07. The molecule has 1 amide bonds. The number of rotatable bonds is 6. The first-order valence-electron chi connectivity index (χ1n) is 4.97. The standard InChI is InChI=1S/C8H16NO5P/c10-8-7(4-5-9-8)3-1-2-6-14-15(11,12)13/h7H,1-6H2,(H,9,10)(H2,11,12,13)/t7-/m0/s1. The Hall–Kier alpha value is -0.420. The first kappa shape index (κ1) is 12.6. The van der Waals surface area contributed by atoms with Gasteiger partial charge in [-0.15, -0.1) is 0 Å². The summed E-state index contributed by atoms with van der Waals surface area (Å²) in [5, 5.41) is 2.74. The van der Waals surface area contributed by atoms with Gasteiger partial charge in [0.1, 0.15) is 0 Å². The summed E-state index contributed by atoms with van der Waals surface area (Å²) in [4.78, 5) is 27.9. The second-order valence-electron chi connectivity index (χ2n) is 3.60. The van der Waals surface area contributed by atoms with Crippen LogP contribution in [0.3, 0.4) is 0 Å². The third-order valence-electron chi connectivity index (χ3n) is 2.37. The molecule has 0 aromatic carbocycles. The Morgan fingerprint density at radius 3 is 2.73 bits per heavy atom. The highest BCUT2D eigenvalue weighted by atomic mass is 31.2. The minimum Gasteiger partial charge on any atom is -0.356 e. The van der Waals surface area contributed by atoms with Crippen molar-refractivity contribution < 1.29 is 23.7 Å². The zero-order valence-corrected chi connectivity index (χ0v) is 9.28. The Morgan fingerprint density at radius 2 is 2.20 bits per heavy atom. The molecule has 1 fully saturated rings. The fraction of sp³-hybridized carbons (Fsp3) is 0.875. The minimum absolute atomic E-state index is 0.0403. The molecule has 0 aromatic rings. The van der Waals surface area contributed by atoms with Crippen LogP contribution in [0, 0.1) is 5.92 Å². The van der Waals surface area contributed by atoms with E-state index in [-0.39, 0.29) is 18.4 Å². The summed E-state index contributed by atoms with van der Waals surface area (Å²) in [6, 6.07) is 0. The Morgan fingerprint density at radius 1 is 1.47 bits per heavy atom. The molecule has 0 aromatic heterocycles. The van der Waals surface area contributed by atoms with Crippen LogP contribution in [0.4, 0.5) is 0 Å². The van der Waals surface area contributed by atoms with E-state index in [1.807, 2.05) is 0 Å². The first-order valence-corrected chi connectivity index (χ1v) is 6.50. The van der Waals surface area contributed by atoms with Gasteiger partial charge in [0.2, 0.25) is 5.91 Å². The smallest absolute Gasteiger partial charge is 0.356 e. The third kappa shape index (κ3) is 5.28. The van der Waals surface area contributed by atoms with Crippen LogP contribution >= 0.6 is 7.82 Å². The maximum Gasteiger partial charge on any atom is 0.469 e. The molecule has 6 nitrogen and oxygen atoms in total. The lowest BCUT2D eigenvalue weighted by atomic mass is 10.0. The fourth-order valence-corrected chi connectivity index (χ4v) is 1.96. The number of carbonyl (C=O) groups excluding carboxylic acids is 1. The second kappa shape index (κ2) is 5.61. The van der Waals surface area contributed by atoms with Crippen molar-refractivity contribution >= 4 is 13.7 Å². The van der Waals surface area contributed by atoms with E-state index in [1.165, 1.54) is 0 Å². The molecule has 1 heterocycles. The molecule has 3 N–H and O–H groups in total. The minimum atomic E-state index is -4.32. The van der Waals surface area contributed by atoms with Crippen molar-refractivity contribution in [3.63, 3.8) is 0 Å². The molecule has 0 bridgehead atoms. The fourth-order valence-electron chi connectivity index (χ4n) is 1.60. The third-order valence-corrected chi connectivity index (χ3v) is 2.89. The molecule has 0 aliphatic carbocycles. The second-order valence-corrected chi connectivity index (χ2v) is 4.84. The number of phosphoric ester groups is 1. The predicted molar refractivity (Wildman–Crippen MR) is 53.0 cm³/mol. The summed E-state index contributed by atoms with van der Waals surface area (Å²) in [6.07, 6.45) is 2.93. The maximum atomic E-state index is 11.1. The van der Waals surface area contributed by atoms with Crippen molar-refractivity contribution in [2.75, 3.05) is 13.2 Å². The van der Waals surface area contributed by atoms with E-state index in [2.05, 4.69) is 9.84 Å². The van der Waals surface area contributed by atoms with Gasteiger partial charge in [-0.1, -0.05) is 6.42 Å². The number of nitrogens with one attached hydrogen (secondary N) is 1. The summed E-state index contributed by atoms with van der Waals surface area (Å²) in [6.45, 7) is 0.779. The van der Waals surface area contributed by atoms with Gasteiger partial charge in [-0.25, -0.2) is 4.57 Å². The predicted octanol–water partition coefficient (Wildman–Crippen LogP) is 0.402. The Bertz CT molecular complexity index is 264. The van der Waals surface area contributed by atoms with Crippen molar-refractivity contribution in [3.05, 3.63) is 0 Å². The Balaban J connectivity index is 2.02. The van der Waals surface area contributed by atoms with E-state index in [4.69, 9.17) is 9.79 Å². The Labute approximate surface area is 88.3 Å². The molecule has 1 rings (SSSR count). The van der Waals surface area contributed by atoms with Gasteiger partial charge >= 0.3 is 7.82 Å². The summed E-state index contributed by atoms with van der Waals surface area (Å²) < 4.78 is 14.6. The van der Waals surface area contributed by atoms with Gasteiger partial charge in [0, 0.05) is 12.5 Å². The van der Waals surface area contributed by atoms with Crippen LogP contribution in [0.5, 0.6) is 0 Å². The largest absolute Gasteiger partial charge is 0.469 e. The van der Waals surface area contributed by atoms with Crippen LogP contribution in [0.15, 0.2) is 0 Å². The highest BCUT2D eigenvalue weighted by Gasteiger charge is 2.23. The summed E-state index contributed by atoms with van der Waals surface area (Å²) in [7, 11) is -4.32. The van der Waals surface area contributed by atoms with Gasteiger partial charge in [0.15, 0.2) is 0 Å². The van der Waals surface area contributed by atoms with Crippen molar-refractivity contribution in [2.24, 2.45) is 5.92 Å². The normalized spacial score (nSPS) is 21.7. The van der Waals surface area contributed by atoms with Crippen LogP contribution in [0.25, 0.3) is 0 Å². The molecule has 0 saturated carbocycles. The molecule has 0 spiro atoms. The van der Waals surface area contributed by atoms with E-state index < -0.39 is 7.82 Å². The molecule has 7 heteroatoms. The van der Waals surface area contributed by atoms with Gasteiger partial charge in [-0.2, -0.15) is 0 Å². The lowest BCUT2D eigenvalue weighted by Crippen LogP contribution is -2.18. The summed E-state index contributed by atoms with van der Waals surface area (Å²) >= 11 is 0. The van der Waals surface area contributed by atoms with Crippen molar-refractivity contribution in [3.8, 4) is 0 Å². The lowest BCUT2D eigenvalue weighted by molar-refractivity contribution is -0.122. The van der Waals surface area contributed by atoms with Crippen LogP contribution in [0.1, 0.15) is 25.7 Å². The van der Waals surface area contributed by atoms with E-state index in [1.54, 1.807) is 0 Å². The molecular formula is C8H16NO5P. The highest BCUT2D eigenvalue weighted by Crippen LogP contribution is 2.35. The SMILES string of the molecule is O=C1NCC[C@@H]1CCCCOP(=O)(O)O. The average molecular weight is 237 g/mol. The van der Waals surface area contributed by atoms with E-state index in [0.29, 0.717) is 6.42 Å². The molecule has 1 aliphatic rings. The van der Waals surface area contributed by atoms with E-state index in [0.717, 1.165) is 25.8 Å². The zero-order valence-electron chi connectivity index (χ0n) is 8.39. The number of hydrogen-bond donors (Lipinski definition) is 3. The number of amides is 1. The van der Waals surface area contributed by atoms with E-state index in [9.17, 15) is 9.36 Å². The molecule has 0 radical (unpaired) electrons. The zero-order chi connectivity index (χ0) is 11.3. The average Bonchev–Trinajstić information content (AvgIpc) is 2.49. The van der Waals surface area contributed by atoms with Gasteiger partial charge in [0.25, 0.3) is 0 Å². The Kier molecular flexibility index (Phi) is 4.73. The van der Waals surface area contributed by atoms with Crippen LogP contribution in [-0.4, -0.2) is 28.8 Å². The molecule has 0 unspecified atom stereocenters. The van der Waals surface area contributed by atoms with Crippen LogP contribution < -0.4 is 5.32 Å². The van der Waals surface area contributed by atoms with Crippen LogP contribution in [-0.2, 0) is 13.9 Å². The molecule has 15 heavy (non-hydrogen) atoms. The van der Waals surface area contributed by atoms with Gasteiger partial charge in [-0.05, 0) is 19.3 Å². The number of unbranched alkanes of at least 4 members (excludes halogenated alkanes) is 1. The molecule has 1 aliphatic heterocycles. The van der Waals surface area contributed by atoms with Crippen molar-refractivity contribution in [1.82, 2.24) is 5.32 Å². The monoisotopic (exact) mass is 237 g/mol. The summed E-state index contributed by atoms with van der Waals surface area (Å²) in [5.41, 5.74) is 0. The molecule has 1 saturated heterocycles. The van der Waals surface area contributed by atoms with E-state index >= 15 is 0 Å². The van der Waals surface area contributed by atoms with Crippen LogP contribution in [0.2, 0.25) is 0 Å². The molecular weight excluding hydrogens is 221 g/mol. The van der Waals surface area contributed by atoms with Gasteiger partial charge in [-0.3, -0.25) is 9.32 Å². The molecule has 88 valence electrons.